The second-order valence-electron chi connectivity index (χ2n) is 5.56. The van der Waals surface area contributed by atoms with Gasteiger partial charge in [0.1, 0.15) is 5.75 Å². The first-order valence-corrected chi connectivity index (χ1v) is 7.96. The van der Waals surface area contributed by atoms with E-state index in [0.717, 1.165) is 35.5 Å². The van der Waals surface area contributed by atoms with Crippen molar-refractivity contribution in [3.63, 3.8) is 0 Å². The molecule has 1 unspecified atom stereocenters. The number of aromatic hydroxyl groups is 1. The number of hydrogen-bond donors (Lipinski definition) is 2. The van der Waals surface area contributed by atoms with Crippen LogP contribution in [-0.4, -0.2) is 25.4 Å². The van der Waals surface area contributed by atoms with E-state index in [1.54, 1.807) is 19.2 Å². The maximum Gasteiger partial charge on any atom is 0.161 e. The Morgan fingerprint density at radius 2 is 1.83 bits per heavy atom. The molecule has 2 aromatic rings. The zero-order valence-electron chi connectivity index (χ0n) is 13.8. The Morgan fingerprint density at radius 3 is 2.43 bits per heavy atom. The zero-order valence-corrected chi connectivity index (χ0v) is 13.8. The smallest absolute Gasteiger partial charge is 0.161 e. The molecule has 3 N–H and O–H groups in total. The SMILES string of the molecule is CCCOc1ccc(CC(CN)c2ccc(O)cc2)cc1OC. The van der Waals surface area contributed by atoms with Crippen LogP contribution in [0, 0.1) is 0 Å². The fourth-order valence-corrected chi connectivity index (χ4v) is 2.54. The molecule has 0 radical (unpaired) electrons. The number of rotatable bonds is 8. The molecular weight excluding hydrogens is 290 g/mol. The minimum Gasteiger partial charge on any atom is -0.508 e. The molecule has 23 heavy (non-hydrogen) atoms. The van der Waals surface area contributed by atoms with Gasteiger partial charge in [0, 0.05) is 5.92 Å². The molecular formula is C19H25NO3. The molecule has 0 saturated heterocycles. The van der Waals surface area contributed by atoms with Crippen LogP contribution < -0.4 is 15.2 Å². The van der Waals surface area contributed by atoms with E-state index in [9.17, 15) is 5.11 Å². The summed E-state index contributed by atoms with van der Waals surface area (Å²) in [5.41, 5.74) is 8.21. The highest BCUT2D eigenvalue weighted by molar-refractivity contribution is 5.43. The molecule has 0 aliphatic rings. The van der Waals surface area contributed by atoms with E-state index in [4.69, 9.17) is 15.2 Å². The molecule has 0 heterocycles. The van der Waals surface area contributed by atoms with Gasteiger partial charge in [-0.25, -0.2) is 0 Å². The van der Waals surface area contributed by atoms with Crippen LogP contribution in [0.3, 0.4) is 0 Å². The number of nitrogens with two attached hydrogens (primary N) is 1. The molecule has 1 atom stereocenters. The van der Waals surface area contributed by atoms with E-state index in [1.807, 2.05) is 24.3 Å². The Bertz CT molecular complexity index is 611. The van der Waals surface area contributed by atoms with Gasteiger partial charge in [-0.1, -0.05) is 25.1 Å². The molecule has 124 valence electrons. The molecule has 0 fully saturated rings. The van der Waals surface area contributed by atoms with Gasteiger partial charge >= 0.3 is 0 Å². The van der Waals surface area contributed by atoms with Crippen molar-refractivity contribution in [1.29, 1.82) is 0 Å². The predicted molar refractivity (Wildman–Crippen MR) is 92.4 cm³/mol. The van der Waals surface area contributed by atoms with Crippen molar-refractivity contribution in [2.75, 3.05) is 20.3 Å². The lowest BCUT2D eigenvalue weighted by molar-refractivity contribution is 0.294. The third-order valence-electron chi connectivity index (χ3n) is 3.82. The van der Waals surface area contributed by atoms with Gasteiger partial charge in [0.15, 0.2) is 11.5 Å². The van der Waals surface area contributed by atoms with Gasteiger partial charge < -0.3 is 20.3 Å². The van der Waals surface area contributed by atoms with Crippen LogP contribution in [0.25, 0.3) is 0 Å². The molecule has 0 spiro atoms. The maximum absolute atomic E-state index is 9.41. The quantitative estimate of drug-likeness (QED) is 0.783. The molecule has 0 aromatic heterocycles. The van der Waals surface area contributed by atoms with E-state index >= 15 is 0 Å². The molecule has 4 nitrogen and oxygen atoms in total. The Balaban J connectivity index is 2.15. The normalized spacial score (nSPS) is 12.0. The van der Waals surface area contributed by atoms with Crippen molar-refractivity contribution in [3.8, 4) is 17.2 Å². The molecule has 0 aliphatic heterocycles. The summed E-state index contributed by atoms with van der Waals surface area (Å²) >= 11 is 0. The lowest BCUT2D eigenvalue weighted by Crippen LogP contribution is -2.15. The van der Waals surface area contributed by atoms with E-state index in [1.165, 1.54) is 0 Å². The highest BCUT2D eigenvalue weighted by Crippen LogP contribution is 2.30. The van der Waals surface area contributed by atoms with Crippen molar-refractivity contribution in [1.82, 2.24) is 0 Å². The fraction of sp³-hybridized carbons (Fsp3) is 0.368. The van der Waals surface area contributed by atoms with E-state index < -0.39 is 0 Å². The average molecular weight is 315 g/mol. The lowest BCUT2D eigenvalue weighted by atomic mass is 9.92. The summed E-state index contributed by atoms with van der Waals surface area (Å²) in [4.78, 5) is 0. The van der Waals surface area contributed by atoms with Crippen LogP contribution in [-0.2, 0) is 6.42 Å². The molecule has 2 aromatic carbocycles. The average Bonchev–Trinajstić information content (AvgIpc) is 2.59. The highest BCUT2D eigenvalue weighted by Gasteiger charge is 2.13. The summed E-state index contributed by atoms with van der Waals surface area (Å²) in [6.45, 7) is 3.29. The molecule has 0 saturated carbocycles. The summed E-state index contributed by atoms with van der Waals surface area (Å²) in [7, 11) is 1.65. The molecule has 0 aliphatic carbocycles. The minimum absolute atomic E-state index is 0.197. The van der Waals surface area contributed by atoms with Gasteiger partial charge in [-0.2, -0.15) is 0 Å². The van der Waals surface area contributed by atoms with E-state index in [-0.39, 0.29) is 11.7 Å². The largest absolute Gasteiger partial charge is 0.508 e. The number of phenols is 1. The van der Waals surface area contributed by atoms with Gasteiger partial charge in [-0.3, -0.25) is 0 Å². The summed E-state index contributed by atoms with van der Waals surface area (Å²) in [5.74, 6) is 1.98. The van der Waals surface area contributed by atoms with Gasteiger partial charge in [-0.05, 0) is 54.8 Å². The number of phenolic OH excluding ortho intramolecular Hbond substituents is 1. The second-order valence-corrected chi connectivity index (χ2v) is 5.56. The van der Waals surface area contributed by atoms with E-state index in [2.05, 4.69) is 13.0 Å². The lowest BCUT2D eigenvalue weighted by Gasteiger charge is -2.17. The summed E-state index contributed by atoms with van der Waals surface area (Å²) < 4.78 is 11.1. The van der Waals surface area contributed by atoms with Gasteiger partial charge in [0.25, 0.3) is 0 Å². The molecule has 0 amide bonds. The van der Waals surface area contributed by atoms with Crippen molar-refractivity contribution in [2.24, 2.45) is 5.73 Å². The Labute approximate surface area is 137 Å². The maximum atomic E-state index is 9.41. The Kier molecular flexibility index (Phi) is 6.29. The number of benzene rings is 2. The van der Waals surface area contributed by atoms with Crippen LogP contribution >= 0.6 is 0 Å². The predicted octanol–water partition coefficient (Wildman–Crippen LogP) is 3.47. The second kappa shape index (κ2) is 8.44. The topological polar surface area (TPSA) is 64.7 Å². The Hall–Kier alpha value is -2.20. The van der Waals surface area contributed by atoms with Gasteiger partial charge in [0.05, 0.1) is 13.7 Å². The van der Waals surface area contributed by atoms with Crippen LogP contribution in [0.2, 0.25) is 0 Å². The zero-order chi connectivity index (χ0) is 16.7. The third kappa shape index (κ3) is 4.63. The molecule has 2 rings (SSSR count). The van der Waals surface area contributed by atoms with E-state index in [0.29, 0.717) is 13.2 Å². The molecule has 4 heteroatoms. The molecule has 0 bridgehead atoms. The monoisotopic (exact) mass is 315 g/mol. The summed E-state index contributed by atoms with van der Waals surface area (Å²) in [6.07, 6.45) is 1.77. The summed E-state index contributed by atoms with van der Waals surface area (Å²) in [6, 6.07) is 13.2. The van der Waals surface area contributed by atoms with Crippen LogP contribution in [0.5, 0.6) is 17.2 Å². The van der Waals surface area contributed by atoms with Gasteiger partial charge in [0.2, 0.25) is 0 Å². The van der Waals surface area contributed by atoms with Gasteiger partial charge in [-0.15, -0.1) is 0 Å². The van der Waals surface area contributed by atoms with Crippen molar-refractivity contribution < 1.29 is 14.6 Å². The number of hydrogen-bond acceptors (Lipinski definition) is 4. The third-order valence-corrected chi connectivity index (χ3v) is 3.82. The number of methoxy groups -OCH3 is 1. The fourth-order valence-electron chi connectivity index (χ4n) is 2.54. The highest BCUT2D eigenvalue weighted by atomic mass is 16.5. The van der Waals surface area contributed by atoms with Crippen LogP contribution in [0.4, 0.5) is 0 Å². The Morgan fingerprint density at radius 1 is 1.09 bits per heavy atom. The van der Waals surface area contributed by atoms with Crippen molar-refractivity contribution in [3.05, 3.63) is 53.6 Å². The van der Waals surface area contributed by atoms with Crippen LogP contribution in [0.1, 0.15) is 30.4 Å². The summed E-state index contributed by atoms with van der Waals surface area (Å²) in [5, 5.41) is 9.41. The first-order valence-electron chi connectivity index (χ1n) is 7.96. The number of ether oxygens (including phenoxy) is 2. The van der Waals surface area contributed by atoms with Crippen molar-refractivity contribution >= 4 is 0 Å². The first kappa shape index (κ1) is 17.2. The minimum atomic E-state index is 0.197. The standard InChI is InChI=1S/C19H25NO3/c1-3-10-23-18-9-4-14(12-19(18)22-2)11-16(13-20)15-5-7-17(21)8-6-15/h4-9,12,16,21H,3,10-11,13,20H2,1-2H3. The van der Waals surface area contributed by atoms with Crippen molar-refractivity contribution in [2.45, 2.75) is 25.7 Å². The first-order chi connectivity index (χ1) is 11.2. The van der Waals surface area contributed by atoms with Crippen LogP contribution in [0.15, 0.2) is 42.5 Å².